The number of aryl methyl sites for hydroxylation is 1. The fraction of sp³-hybridized carbons (Fsp3) is 0.259. The second-order valence-corrected chi connectivity index (χ2v) is 9.52. The van der Waals surface area contributed by atoms with Gasteiger partial charge in [0.05, 0.1) is 22.8 Å². The number of carbonyl (C=O) groups is 2. The van der Waals surface area contributed by atoms with Crippen molar-refractivity contribution in [3.63, 3.8) is 0 Å². The third-order valence-corrected chi connectivity index (χ3v) is 6.67. The van der Waals surface area contributed by atoms with Crippen molar-refractivity contribution < 1.29 is 41.0 Å². The van der Waals surface area contributed by atoms with Crippen molar-refractivity contribution in [2.75, 3.05) is 5.32 Å². The van der Waals surface area contributed by atoms with Crippen LogP contribution in [-0.4, -0.2) is 54.3 Å². The van der Waals surface area contributed by atoms with Gasteiger partial charge >= 0.3 is 17.8 Å². The van der Waals surface area contributed by atoms with Gasteiger partial charge in [0.1, 0.15) is 29.3 Å². The van der Waals surface area contributed by atoms with Gasteiger partial charge in [0, 0.05) is 31.9 Å². The highest BCUT2D eigenvalue weighted by Crippen LogP contribution is 2.30. The molecule has 0 radical (unpaired) electrons. The van der Waals surface area contributed by atoms with Gasteiger partial charge in [-0.1, -0.05) is 13.0 Å². The van der Waals surface area contributed by atoms with E-state index in [-0.39, 0.29) is 28.4 Å². The fourth-order valence-corrected chi connectivity index (χ4v) is 4.34. The maximum Gasteiger partial charge on any atom is 0.408 e. The van der Waals surface area contributed by atoms with Crippen molar-refractivity contribution in [3.8, 4) is 5.82 Å². The van der Waals surface area contributed by atoms with E-state index in [9.17, 15) is 50.6 Å². The largest absolute Gasteiger partial charge is 0.480 e. The number of hydrogen-bond acceptors (Lipinski definition) is 7. The highest BCUT2D eigenvalue weighted by atomic mass is 19.4. The Bertz CT molecular complexity index is 1870. The summed E-state index contributed by atoms with van der Waals surface area (Å²) in [6.45, 7) is 1.11. The van der Waals surface area contributed by atoms with Crippen molar-refractivity contribution in [1.29, 1.82) is 0 Å². The van der Waals surface area contributed by atoms with E-state index in [0.717, 1.165) is 17.7 Å². The molecular formula is C27H22F6N6O5. The van der Waals surface area contributed by atoms with E-state index in [1.165, 1.54) is 42.2 Å². The van der Waals surface area contributed by atoms with E-state index < -0.39 is 82.9 Å². The molecule has 0 saturated carbocycles. The van der Waals surface area contributed by atoms with Gasteiger partial charge < -0.3 is 15.7 Å². The molecule has 1 aromatic carbocycles. The van der Waals surface area contributed by atoms with Gasteiger partial charge in [0.2, 0.25) is 0 Å². The molecule has 0 fully saturated rings. The molecule has 0 spiro atoms. The number of carbonyl (C=O) groups excluding carboxylic acids is 1. The summed E-state index contributed by atoms with van der Waals surface area (Å²) in [5, 5.41) is 13.3. The molecule has 44 heavy (non-hydrogen) atoms. The molecule has 0 saturated heterocycles. The lowest BCUT2D eigenvalue weighted by molar-refractivity contribution is -0.143. The summed E-state index contributed by atoms with van der Waals surface area (Å²) >= 11 is 0. The summed E-state index contributed by atoms with van der Waals surface area (Å²) in [5.41, 5.74) is -3.75. The molecule has 3 N–H and O–H groups in total. The van der Waals surface area contributed by atoms with Crippen LogP contribution in [0.2, 0.25) is 0 Å². The zero-order valence-electron chi connectivity index (χ0n) is 22.7. The zero-order chi connectivity index (χ0) is 32.5. The number of nitrogens with zero attached hydrogens (tertiary/aromatic N) is 4. The van der Waals surface area contributed by atoms with Crippen LogP contribution in [0.1, 0.15) is 29.3 Å². The van der Waals surface area contributed by atoms with E-state index >= 15 is 0 Å². The predicted octanol–water partition coefficient (Wildman–Crippen LogP) is 3.08. The summed E-state index contributed by atoms with van der Waals surface area (Å²) in [7, 11) is 1.42. The maximum absolute atomic E-state index is 14.7. The Morgan fingerprint density at radius 3 is 2.36 bits per heavy atom. The number of rotatable bonds is 9. The Labute approximate surface area is 242 Å². The number of nitrogens with one attached hydrogen (secondary N) is 2. The number of fused-ring (bicyclic) bond motifs is 1. The average Bonchev–Trinajstić information content (AvgIpc) is 2.97. The lowest BCUT2D eigenvalue weighted by atomic mass is 10.1. The van der Waals surface area contributed by atoms with Gasteiger partial charge in [-0.25, -0.2) is 32.3 Å². The number of amides is 1. The zero-order valence-corrected chi connectivity index (χ0v) is 22.7. The molecule has 11 nitrogen and oxygen atoms in total. The Balaban J connectivity index is 1.57. The Hall–Kier alpha value is -5.22. The smallest absolute Gasteiger partial charge is 0.408 e. The van der Waals surface area contributed by atoms with Crippen molar-refractivity contribution in [2.45, 2.75) is 38.0 Å². The van der Waals surface area contributed by atoms with Crippen molar-refractivity contribution in [3.05, 3.63) is 92.3 Å². The Morgan fingerprint density at radius 2 is 1.77 bits per heavy atom. The number of benzene rings is 1. The highest BCUT2D eigenvalue weighted by molar-refractivity contribution is 5.97. The normalized spacial score (nSPS) is 13.0. The minimum Gasteiger partial charge on any atom is -0.480 e. The van der Waals surface area contributed by atoms with Crippen LogP contribution in [-0.2, 0) is 18.3 Å². The third-order valence-electron chi connectivity index (χ3n) is 6.67. The van der Waals surface area contributed by atoms with E-state index in [1.807, 2.05) is 5.32 Å². The van der Waals surface area contributed by atoms with Crippen LogP contribution in [0.4, 0.5) is 32.0 Å². The van der Waals surface area contributed by atoms with E-state index in [4.69, 9.17) is 0 Å². The maximum atomic E-state index is 14.7. The number of aliphatic carboxylic acids is 1. The Kier molecular flexibility index (Phi) is 8.78. The summed E-state index contributed by atoms with van der Waals surface area (Å²) in [4.78, 5) is 58.1. The van der Waals surface area contributed by atoms with Crippen molar-refractivity contribution in [2.24, 2.45) is 7.05 Å². The second kappa shape index (κ2) is 12.2. The minimum absolute atomic E-state index is 0.113. The minimum atomic E-state index is -4.87. The van der Waals surface area contributed by atoms with Crippen LogP contribution in [0.15, 0.2) is 52.4 Å². The van der Waals surface area contributed by atoms with Crippen LogP contribution in [0.5, 0.6) is 0 Å². The van der Waals surface area contributed by atoms with Gasteiger partial charge in [-0.05, 0) is 24.1 Å². The lowest BCUT2D eigenvalue weighted by Gasteiger charge is -2.22. The summed E-state index contributed by atoms with van der Waals surface area (Å²) < 4.78 is 84.9. The molecule has 3 heterocycles. The molecular weight excluding hydrogens is 602 g/mol. The van der Waals surface area contributed by atoms with Crippen LogP contribution in [0.25, 0.3) is 16.7 Å². The first-order valence-electron chi connectivity index (χ1n) is 12.7. The highest BCUT2D eigenvalue weighted by Gasteiger charge is 2.39. The Morgan fingerprint density at radius 1 is 1.07 bits per heavy atom. The fourth-order valence-electron chi connectivity index (χ4n) is 4.34. The summed E-state index contributed by atoms with van der Waals surface area (Å²) in [6, 6.07) is -0.0832. The van der Waals surface area contributed by atoms with E-state index in [2.05, 4.69) is 9.97 Å². The van der Waals surface area contributed by atoms with Gasteiger partial charge in [0.25, 0.3) is 11.5 Å². The van der Waals surface area contributed by atoms with Crippen LogP contribution in [0.3, 0.4) is 0 Å². The number of pyridine rings is 2. The first-order valence-corrected chi connectivity index (χ1v) is 12.7. The molecule has 0 aliphatic carbocycles. The van der Waals surface area contributed by atoms with Crippen LogP contribution >= 0.6 is 0 Å². The molecule has 4 aromatic rings. The number of halogens is 6. The first-order chi connectivity index (χ1) is 20.6. The first kappa shape index (κ1) is 31.7. The molecule has 4 rings (SSSR count). The molecule has 0 bridgehead atoms. The average molecular weight is 624 g/mol. The van der Waals surface area contributed by atoms with Gasteiger partial charge in [-0.2, -0.15) is 13.2 Å². The molecule has 2 atom stereocenters. The van der Waals surface area contributed by atoms with Gasteiger partial charge in [-0.3, -0.25) is 19.1 Å². The number of carboxylic acids is 1. The lowest BCUT2D eigenvalue weighted by Crippen LogP contribution is -2.43. The summed E-state index contributed by atoms with van der Waals surface area (Å²) in [5.74, 6) is -9.31. The number of alkyl halides is 3. The molecule has 3 aromatic heterocycles. The third kappa shape index (κ3) is 6.11. The van der Waals surface area contributed by atoms with E-state index in [1.54, 1.807) is 5.32 Å². The van der Waals surface area contributed by atoms with E-state index in [0.29, 0.717) is 0 Å². The number of hydrogen-bond donors (Lipinski definition) is 3. The molecule has 0 aliphatic heterocycles. The number of carboxylic acid groups (broad SMARTS) is 1. The number of aromatic nitrogens is 4. The quantitative estimate of drug-likeness (QED) is 0.190. The SMILES string of the molecule is CC[C@@H](Nc1cc(F)c(C(=O)N[C@@H](Cc2ccc(-n3c(=O)c4ccncc4n(C)c3=O)nc2)C(=O)O)c(F)c1F)C(F)(F)F. The number of anilines is 1. The second-order valence-electron chi connectivity index (χ2n) is 9.52. The van der Waals surface area contributed by atoms with Crippen molar-refractivity contribution in [1.82, 2.24) is 24.4 Å². The monoisotopic (exact) mass is 624 g/mol. The van der Waals surface area contributed by atoms with Crippen molar-refractivity contribution >= 4 is 28.5 Å². The molecule has 232 valence electrons. The molecule has 17 heteroatoms. The predicted molar refractivity (Wildman–Crippen MR) is 143 cm³/mol. The molecule has 0 aliphatic rings. The van der Waals surface area contributed by atoms with Gasteiger partial charge in [-0.15, -0.1) is 0 Å². The summed E-state index contributed by atoms with van der Waals surface area (Å²) in [6.07, 6.45) is -2.18. The van der Waals surface area contributed by atoms with Crippen LogP contribution in [0, 0.1) is 17.5 Å². The molecule has 0 unspecified atom stereocenters. The van der Waals surface area contributed by atoms with Crippen LogP contribution < -0.4 is 21.9 Å². The standard InChI is InChI=1S/C27H22F6N6O5/c1-3-18(27(31,32)33)36-15-9-14(28)20(22(30)21(15)29)23(40)37-16(25(42)43)8-12-4-5-19(35-10-12)39-24(41)13-6-7-34-11-17(13)38(2)26(39)44/h4-7,9-11,16,18,36H,3,8H2,1-2H3,(H,37,40)(H,42,43)/t16-,18+/m0/s1. The topological polar surface area (TPSA) is 148 Å². The van der Waals surface area contributed by atoms with Gasteiger partial charge in [0.15, 0.2) is 11.6 Å². The molecule has 1 amide bonds.